The van der Waals surface area contributed by atoms with E-state index < -0.39 is 0 Å². The number of hydrogen-bond donors (Lipinski definition) is 0. The van der Waals surface area contributed by atoms with Crippen molar-refractivity contribution in [3.63, 3.8) is 0 Å². The molecule has 2 unspecified atom stereocenters. The van der Waals surface area contributed by atoms with Crippen LogP contribution in [0.5, 0.6) is 0 Å². The summed E-state index contributed by atoms with van der Waals surface area (Å²) in [4.78, 5) is 2.60. The summed E-state index contributed by atoms with van der Waals surface area (Å²) in [5.41, 5.74) is 1.43. The third kappa shape index (κ3) is 1.96. The lowest BCUT2D eigenvalue weighted by molar-refractivity contribution is 0.157. The largest absolute Gasteiger partial charge is 0.290 e. The van der Waals surface area contributed by atoms with E-state index in [-0.39, 0.29) is 0 Å². The highest BCUT2D eigenvalue weighted by Gasteiger charge is 2.38. The Morgan fingerprint density at radius 1 is 1.31 bits per heavy atom. The fraction of sp³-hybridized carbons (Fsp3) is 0.636. The average Bonchev–Trinajstić information content (AvgIpc) is 2.72. The molecule has 0 spiro atoms. The van der Waals surface area contributed by atoms with Crippen molar-refractivity contribution in [2.75, 3.05) is 0 Å². The third-order valence-electron chi connectivity index (χ3n) is 3.58. The maximum absolute atomic E-state index is 4.18. The van der Waals surface area contributed by atoms with Gasteiger partial charge in [-0.1, -0.05) is 23.5 Å². The minimum Gasteiger partial charge on any atom is -0.290 e. The quantitative estimate of drug-likeness (QED) is 0.786. The molecule has 16 heavy (non-hydrogen) atoms. The van der Waals surface area contributed by atoms with E-state index in [1.807, 2.05) is 0 Å². The third-order valence-corrected chi connectivity index (χ3v) is 4.92. The first kappa shape index (κ1) is 10.9. The molecule has 0 amide bonds. The zero-order valence-electron chi connectivity index (χ0n) is 9.03. The Labute approximate surface area is 108 Å². The fourth-order valence-corrected chi connectivity index (χ4v) is 4.13. The van der Waals surface area contributed by atoms with E-state index in [0.717, 1.165) is 15.5 Å². The number of nitrogens with zero attached hydrogens (tertiary/aromatic N) is 3. The van der Waals surface area contributed by atoms with Gasteiger partial charge in [0, 0.05) is 12.1 Å². The Bertz CT molecular complexity index is 401. The lowest BCUT2D eigenvalue weighted by Gasteiger charge is -2.35. The Kier molecular flexibility index (Phi) is 2.85. The van der Waals surface area contributed by atoms with Gasteiger partial charge >= 0.3 is 0 Å². The minimum atomic E-state index is 0.703. The van der Waals surface area contributed by atoms with Crippen molar-refractivity contribution in [2.24, 2.45) is 0 Å². The molecule has 0 aromatic carbocycles. The summed E-state index contributed by atoms with van der Waals surface area (Å²) in [6, 6.07) is 1.41. The average molecular weight is 300 g/mol. The number of aromatic nitrogens is 2. The molecular weight excluding hydrogens is 286 g/mol. The van der Waals surface area contributed by atoms with Crippen molar-refractivity contribution in [1.29, 1.82) is 0 Å². The number of halogens is 1. The second-order valence-electron chi connectivity index (χ2n) is 4.66. The number of piperidine rings is 1. The van der Waals surface area contributed by atoms with Gasteiger partial charge in [-0.2, -0.15) is 0 Å². The molecule has 2 aliphatic rings. The molecule has 2 fully saturated rings. The van der Waals surface area contributed by atoms with Crippen LogP contribution in [0.3, 0.4) is 0 Å². The molecule has 5 heteroatoms. The standard InChI is InChI=1S/C11H14BrN3S/c1-7-4-8-2-3-9(5-7)15(8)6-10-13-14-11(12)16-10/h8-9H,1-6H2. The van der Waals surface area contributed by atoms with Crippen molar-refractivity contribution < 1.29 is 0 Å². The van der Waals surface area contributed by atoms with Crippen LogP contribution in [-0.4, -0.2) is 27.2 Å². The van der Waals surface area contributed by atoms with Crippen molar-refractivity contribution >= 4 is 27.3 Å². The maximum atomic E-state index is 4.18. The van der Waals surface area contributed by atoms with Gasteiger partial charge in [-0.25, -0.2) is 0 Å². The first-order valence-electron chi connectivity index (χ1n) is 5.62. The Morgan fingerprint density at radius 3 is 2.56 bits per heavy atom. The van der Waals surface area contributed by atoms with Gasteiger partial charge in [0.15, 0.2) is 3.92 Å². The van der Waals surface area contributed by atoms with Crippen molar-refractivity contribution in [2.45, 2.75) is 44.3 Å². The smallest absolute Gasteiger partial charge is 0.183 e. The number of fused-ring (bicyclic) bond motifs is 2. The van der Waals surface area contributed by atoms with E-state index >= 15 is 0 Å². The van der Waals surface area contributed by atoms with Crippen LogP contribution in [0.2, 0.25) is 0 Å². The molecule has 3 rings (SSSR count). The Balaban J connectivity index is 1.74. The van der Waals surface area contributed by atoms with E-state index in [4.69, 9.17) is 0 Å². The van der Waals surface area contributed by atoms with E-state index in [1.54, 1.807) is 11.3 Å². The van der Waals surface area contributed by atoms with Gasteiger partial charge in [0.1, 0.15) is 5.01 Å². The minimum absolute atomic E-state index is 0.703. The van der Waals surface area contributed by atoms with Crippen LogP contribution in [0.15, 0.2) is 16.1 Å². The van der Waals surface area contributed by atoms with Crippen LogP contribution < -0.4 is 0 Å². The van der Waals surface area contributed by atoms with Crippen molar-refractivity contribution in [3.05, 3.63) is 21.1 Å². The molecule has 3 heterocycles. The lowest BCUT2D eigenvalue weighted by atomic mass is 9.98. The number of hydrogen-bond acceptors (Lipinski definition) is 4. The Morgan fingerprint density at radius 2 is 2.00 bits per heavy atom. The fourth-order valence-electron chi connectivity index (χ4n) is 2.91. The van der Waals surface area contributed by atoms with Gasteiger partial charge in [0.25, 0.3) is 0 Å². The van der Waals surface area contributed by atoms with Gasteiger partial charge in [0.05, 0.1) is 6.54 Å². The summed E-state index contributed by atoms with van der Waals surface area (Å²) in [6.45, 7) is 5.11. The molecule has 2 saturated heterocycles. The van der Waals surface area contributed by atoms with Crippen LogP contribution in [0, 0.1) is 0 Å². The molecule has 1 aromatic heterocycles. The normalized spacial score (nSPS) is 29.9. The molecule has 3 nitrogen and oxygen atoms in total. The highest BCUT2D eigenvalue weighted by molar-refractivity contribution is 9.11. The Hall–Kier alpha value is -0.260. The second kappa shape index (κ2) is 4.20. The van der Waals surface area contributed by atoms with Gasteiger partial charge in [-0.05, 0) is 41.6 Å². The van der Waals surface area contributed by atoms with E-state index in [9.17, 15) is 0 Å². The molecule has 2 bridgehead atoms. The summed E-state index contributed by atoms with van der Waals surface area (Å²) < 4.78 is 0.885. The highest BCUT2D eigenvalue weighted by atomic mass is 79.9. The van der Waals surface area contributed by atoms with E-state index in [0.29, 0.717) is 12.1 Å². The molecule has 86 valence electrons. The summed E-state index contributed by atoms with van der Waals surface area (Å²) in [5, 5.41) is 9.31. The summed E-state index contributed by atoms with van der Waals surface area (Å²) in [5.74, 6) is 0. The van der Waals surface area contributed by atoms with Crippen LogP contribution in [0.4, 0.5) is 0 Å². The molecule has 0 N–H and O–H groups in total. The van der Waals surface area contributed by atoms with Gasteiger partial charge in [0.2, 0.25) is 0 Å². The molecule has 0 radical (unpaired) electrons. The molecule has 2 aliphatic heterocycles. The van der Waals surface area contributed by atoms with Gasteiger partial charge in [-0.15, -0.1) is 10.2 Å². The number of rotatable bonds is 2. The maximum Gasteiger partial charge on any atom is 0.183 e. The topological polar surface area (TPSA) is 29.0 Å². The first-order valence-corrected chi connectivity index (χ1v) is 7.23. The van der Waals surface area contributed by atoms with E-state index in [2.05, 4.69) is 37.6 Å². The predicted molar refractivity (Wildman–Crippen MR) is 68.3 cm³/mol. The SMILES string of the molecule is C=C1CC2CCC(C1)N2Cc1nnc(Br)s1. The van der Waals surface area contributed by atoms with Crippen LogP contribution in [0.25, 0.3) is 0 Å². The van der Waals surface area contributed by atoms with Crippen LogP contribution in [0.1, 0.15) is 30.7 Å². The monoisotopic (exact) mass is 299 g/mol. The molecule has 1 aromatic rings. The zero-order valence-corrected chi connectivity index (χ0v) is 11.4. The highest BCUT2D eigenvalue weighted by Crippen LogP contribution is 2.38. The summed E-state index contributed by atoms with van der Waals surface area (Å²) in [6.07, 6.45) is 5.00. The lowest BCUT2D eigenvalue weighted by Crippen LogP contribution is -2.39. The van der Waals surface area contributed by atoms with Crippen molar-refractivity contribution in [3.8, 4) is 0 Å². The van der Waals surface area contributed by atoms with Gasteiger partial charge < -0.3 is 0 Å². The first-order chi connectivity index (χ1) is 7.72. The second-order valence-corrected chi connectivity index (χ2v) is 7.00. The van der Waals surface area contributed by atoms with Crippen LogP contribution >= 0.6 is 27.3 Å². The molecular formula is C11H14BrN3S. The van der Waals surface area contributed by atoms with E-state index in [1.165, 1.54) is 31.3 Å². The molecule has 0 saturated carbocycles. The van der Waals surface area contributed by atoms with Crippen molar-refractivity contribution in [1.82, 2.24) is 15.1 Å². The summed E-state index contributed by atoms with van der Waals surface area (Å²) >= 11 is 5.01. The molecule has 0 aliphatic carbocycles. The van der Waals surface area contributed by atoms with Gasteiger partial charge in [-0.3, -0.25) is 4.90 Å². The molecule has 2 atom stereocenters. The predicted octanol–water partition coefficient (Wildman–Crippen LogP) is 2.98. The summed E-state index contributed by atoms with van der Waals surface area (Å²) in [7, 11) is 0. The van der Waals surface area contributed by atoms with Crippen LogP contribution in [-0.2, 0) is 6.54 Å². The zero-order chi connectivity index (χ0) is 11.1.